The largest absolute Gasteiger partial charge is 0.459 e. The summed E-state index contributed by atoms with van der Waals surface area (Å²) in [6, 6.07) is 10.1. The molecule has 1 N–H and O–H groups in total. The number of anilines is 1. The summed E-state index contributed by atoms with van der Waals surface area (Å²) in [7, 11) is 3.67. The third kappa shape index (κ3) is 3.55. The van der Waals surface area contributed by atoms with Gasteiger partial charge in [-0.1, -0.05) is 12.1 Å². The van der Waals surface area contributed by atoms with Gasteiger partial charge in [-0.3, -0.25) is 9.59 Å². The maximum Gasteiger partial charge on any atom is 0.291 e. The Kier molecular flexibility index (Phi) is 4.32. The molecular weight excluding hydrogens is 256 g/mol. The van der Waals surface area contributed by atoms with Gasteiger partial charge in [0.25, 0.3) is 5.91 Å². The summed E-state index contributed by atoms with van der Waals surface area (Å²) in [6.45, 7) is 0.329. The molecule has 1 aromatic carbocycles. The summed E-state index contributed by atoms with van der Waals surface area (Å²) in [4.78, 5) is 25.6. The molecular formula is C15H16N2O3. The normalized spacial score (nSPS) is 10.6. The number of amides is 1. The van der Waals surface area contributed by atoms with Crippen LogP contribution in [0.15, 0.2) is 47.1 Å². The zero-order valence-corrected chi connectivity index (χ0v) is 11.4. The van der Waals surface area contributed by atoms with Gasteiger partial charge in [0, 0.05) is 11.3 Å². The van der Waals surface area contributed by atoms with Gasteiger partial charge in [0.05, 0.1) is 12.8 Å². The van der Waals surface area contributed by atoms with Gasteiger partial charge in [0.1, 0.15) is 0 Å². The standard InChI is InChI=1S/C15H16N2O3/c1-17(2)10-13(18)11-5-3-6-12(9-11)16-15(19)14-7-4-8-20-14/h3-9H,10H2,1-2H3,(H,16,19). The molecule has 0 radical (unpaired) electrons. The number of benzene rings is 1. The fraction of sp³-hybridized carbons (Fsp3) is 0.200. The zero-order chi connectivity index (χ0) is 14.5. The van der Waals surface area contributed by atoms with E-state index in [4.69, 9.17) is 4.42 Å². The number of hydrogen-bond donors (Lipinski definition) is 1. The molecule has 0 saturated carbocycles. The second-order valence-corrected chi connectivity index (χ2v) is 4.67. The summed E-state index contributed by atoms with van der Waals surface area (Å²) in [5.41, 5.74) is 1.13. The van der Waals surface area contributed by atoms with E-state index in [1.165, 1.54) is 6.26 Å². The van der Waals surface area contributed by atoms with Crippen molar-refractivity contribution in [2.45, 2.75) is 0 Å². The SMILES string of the molecule is CN(C)CC(=O)c1cccc(NC(=O)c2ccco2)c1. The number of carbonyl (C=O) groups is 2. The van der Waals surface area contributed by atoms with Crippen molar-refractivity contribution in [2.75, 3.05) is 26.0 Å². The minimum absolute atomic E-state index is 0.00379. The molecule has 0 spiro atoms. The maximum atomic E-state index is 11.9. The Labute approximate surface area is 117 Å². The predicted molar refractivity (Wildman–Crippen MR) is 76.0 cm³/mol. The van der Waals surface area contributed by atoms with Crippen LogP contribution >= 0.6 is 0 Å². The summed E-state index contributed by atoms with van der Waals surface area (Å²) in [5, 5.41) is 2.69. The molecule has 0 aliphatic carbocycles. The van der Waals surface area contributed by atoms with E-state index in [-0.39, 0.29) is 17.5 Å². The molecule has 1 heterocycles. The van der Waals surface area contributed by atoms with Crippen LogP contribution in [0.25, 0.3) is 0 Å². The van der Waals surface area contributed by atoms with Crippen molar-refractivity contribution in [1.82, 2.24) is 4.90 Å². The first-order valence-corrected chi connectivity index (χ1v) is 6.19. The Balaban J connectivity index is 2.10. The van der Waals surface area contributed by atoms with Crippen LogP contribution in [0.1, 0.15) is 20.9 Å². The number of furan rings is 1. The van der Waals surface area contributed by atoms with Crippen LogP contribution in [0, 0.1) is 0 Å². The second kappa shape index (κ2) is 6.16. The third-order valence-electron chi connectivity index (χ3n) is 2.65. The highest BCUT2D eigenvalue weighted by atomic mass is 16.3. The minimum atomic E-state index is -0.341. The van der Waals surface area contributed by atoms with E-state index in [0.29, 0.717) is 17.8 Å². The fourth-order valence-corrected chi connectivity index (χ4v) is 1.75. The second-order valence-electron chi connectivity index (χ2n) is 4.67. The van der Waals surface area contributed by atoms with Gasteiger partial charge < -0.3 is 14.6 Å². The summed E-state index contributed by atoms with van der Waals surface area (Å²) < 4.78 is 5.01. The van der Waals surface area contributed by atoms with Crippen LogP contribution in [0.3, 0.4) is 0 Å². The summed E-state index contributed by atoms with van der Waals surface area (Å²) in [5.74, 6) is -0.105. The van der Waals surface area contributed by atoms with Crippen LogP contribution < -0.4 is 5.32 Å². The fourth-order valence-electron chi connectivity index (χ4n) is 1.75. The Hall–Kier alpha value is -2.40. The van der Waals surface area contributed by atoms with Crippen molar-refractivity contribution in [3.05, 3.63) is 54.0 Å². The Morgan fingerprint density at radius 1 is 1.20 bits per heavy atom. The molecule has 104 valence electrons. The molecule has 1 aromatic heterocycles. The molecule has 20 heavy (non-hydrogen) atoms. The van der Waals surface area contributed by atoms with E-state index in [1.807, 2.05) is 14.1 Å². The van der Waals surface area contributed by atoms with Crippen LogP contribution in [-0.2, 0) is 0 Å². The van der Waals surface area contributed by atoms with E-state index < -0.39 is 0 Å². The lowest BCUT2D eigenvalue weighted by molar-refractivity contribution is 0.0955. The molecule has 1 amide bonds. The van der Waals surface area contributed by atoms with Gasteiger partial charge in [-0.2, -0.15) is 0 Å². The number of nitrogens with zero attached hydrogens (tertiary/aromatic N) is 1. The maximum absolute atomic E-state index is 11.9. The summed E-state index contributed by atoms with van der Waals surface area (Å²) >= 11 is 0. The first-order chi connectivity index (χ1) is 9.56. The Bertz CT molecular complexity index is 603. The molecule has 0 fully saturated rings. The Morgan fingerprint density at radius 3 is 2.65 bits per heavy atom. The number of Topliss-reactive ketones (excluding diaryl/α,β-unsaturated/α-hetero) is 1. The molecule has 0 bridgehead atoms. The number of nitrogens with one attached hydrogen (secondary N) is 1. The van der Waals surface area contributed by atoms with Crippen LogP contribution in [0.5, 0.6) is 0 Å². The highest BCUT2D eigenvalue weighted by Gasteiger charge is 2.11. The number of rotatable bonds is 5. The lowest BCUT2D eigenvalue weighted by atomic mass is 10.1. The van der Waals surface area contributed by atoms with E-state index in [2.05, 4.69) is 5.32 Å². The molecule has 5 heteroatoms. The minimum Gasteiger partial charge on any atom is -0.459 e. The highest BCUT2D eigenvalue weighted by molar-refractivity contribution is 6.03. The molecule has 0 aliphatic heterocycles. The monoisotopic (exact) mass is 272 g/mol. The average Bonchev–Trinajstić information content (AvgIpc) is 2.92. The van der Waals surface area contributed by atoms with E-state index >= 15 is 0 Å². The smallest absolute Gasteiger partial charge is 0.291 e. The van der Waals surface area contributed by atoms with Gasteiger partial charge in [-0.05, 0) is 38.4 Å². The quantitative estimate of drug-likeness (QED) is 0.848. The number of hydrogen-bond acceptors (Lipinski definition) is 4. The van der Waals surface area contributed by atoms with Crippen LogP contribution in [-0.4, -0.2) is 37.2 Å². The first-order valence-electron chi connectivity index (χ1n) is 6.19. The van der Waals surface area contributed by atoms with Gasteiger partial charge in [0.15, 0.2) is 11.5 Å². The summed E-state index contributed by atoms with van der Waals surface area (Å²) in [6.07, 6.45) is 1.44. The van der Waals surface area contributed by atoms with Crippen molar-refractivity contribution in [3.8, 4) is 0 Å². The topological polar surface area (TPSA) is 62.6 Å². The van der Waals surface area contributed by atoms with Crippen LogP contribution in [0.4, 0.5) is 5.69 Å². The number of likely N-dealkylation sites (N-methyl/N-ethyl adjacent to an activating group) is 1. The third-order valence-corrected chi connectivity index (χ3v) is 2.65. The van der Waals surface area contributed by atoms with E-state index in [9.17, 15) is 9.59 Å². The molecule has 0 unspecified atom stereocenters. The van der Waals surface area contributed by atoms with Crippen LogP contribution in [0.2, 0.25) is 0 Å². The van der Waals surface area contributed by atoms with Crippen molar-refractivity contribution in [3.63, 3.8) is 0 Å². The first kappa shape index (κ1) is 14.0. The lowest BCUT2D eigenvalue weighted by Crippen LogP contribution is -2.21. The average molecular weight is 272 g/mol. The van der Waals surface area contributed by atoms with Gasteiger partial charge in [-0.15, -0.1) is 0 Å². The van der Waals surface area contributed by atoms with Gasteiger partial charge >= 0.3 is 0 Å². The molecule has 0 aliphatic rings. The van der Waals surface area contributed by atoms with E-state index in [0.717, 1.165) is 0 Å². The van der Waals surface area contributed by atoms with Crippen molar-refractivity contribution in [1.29, 1.82) is 0 Å². The van der Waals surface area contributed by atoms with Crippen molar-refractivity contribution >= 4 is 17.4 Å². The van der Waals surface area contributed by atoms with Gasteiger partial charge in [-0.25, -0.2) is 0 Å². The molecule has 5 nitrogen and oxygen atoms in total. The van der Waals surface area contributed by atoms with Crippen molar-refractivity contribution in [2.24, 2.45) is 0 Å². The molecule has 0 saturated heterocycles. The molecule has 2 rings (SSSR count). The lowest BCUT2D eigenvalue weighted by Gasteiger charge is -2.09. The van der Waals surface area contributed by atoms with E-state index in [1.54, 1.807) is 41.3 Å². The predicted octanol–water partition coefficient (Wildman–Crippen LogP) is 2.28. The van der Waals surface area contributed by atoms with Gasteiger partial charge in [0.2, 0.25) is 0 Å². The molecule has 0 atom stereocenters. The van der Waals surface area contributed by atoms with Crippen molar-refractivity contribution < 1.29 is 14.0 Å². The number of carbonyl (C=O) groups excluding carboxylic acids is 2. The highest BCUT2D eigenvalue weighted by Crippen LogP contribution is 2.13. The molecule has 2 aromatic rings. The number of ketones is 1. The Morgan fingerprint density at radius 2 is 2.00 bits per heavy atom. The zero-order valence-electron chi connectivity index (χ0n) is 11.4.